The summed E-state index contributed by atoms with van der Waals surface area (Å²) in [6, 6.07) is 4.64. The van der Waals surface area contributed by atoms with E-state index in [0.29, 0.717) is 22.6 Å². The molecule has 0 unspecified atom stereocenters. The van der Waals surface area contributed by atoms with Crippen molar-refractivity contribution in [1.29, 1.82) is 0 Å². The minimum absolute atomic E-state index is 0.142. The molecule has 3 rings (SSSR count). The molecule has 0 bridgehead atoms. The Labute approximate surface area is 135 Å². The van der Waals surface area contributed by atoms with Crippen LogP contribution in [-0.2, 0) is 0 Å². The van der Waals surface area contributed by atoms with Gasteiger partial charge in [-0.3, -0.25) is 0 Å². The Balaban J connectivity index is 2.09. The van der Waals surface area contributed by atoms with E-state index in [1.165, 1.54) is 25.6 Å². The highest BCUT2D eigenvalue weighted by Crippen LogP contribution is 2.32. The molecule has 2 heterocycles. The van der Waals surface area contributed by atoms with Crippen LogP contribution >= 0.6 is 23.2 Å². The van der Waals surface area contributed by atoms with Crippen LogP contribution in [0.5, 0.6) is 5.88 Å². The zero-order chi connectivity index (χ0) is 15.7. The van der Waals surface area contributed by atoms with Crippen molar-refractivity contribution >= 4 is 45.6 Å². The summed E-state index contributed by atoms with van der Waals surface area (Å²) in [6.45, 7) is 0. The quantitative estimate of drug-likeness (QED) is 0.724. The van der Waals surface area contributed by atoms with Crippen molar-refractivity contribution in [2.45, 2.75) is 0 Å². The molecule has 2 aromatic heterocycles. The number of halogens is 3. The molecule has 0 spiro atoms. The van der Waals surface area contributed by atoms with Gasteiger partial charge in [0.2, 0.25) is 5.88 Å². The molecule has 0 atom stereocenters. The second-order valence-corrected chi connectivity index (χ2v) is 5.10. The summed E-state index contributed by atoms with van der Waals surface area (Å²) in [6.07, 6.45) is 2.90. The van der Waals surface area contributed by atoms with Crippen molar-refractivity contribution in [2.75, 3.05) is 12.4 Å². The van der Waals surface area contributed by atoms with Gasteiger partial charge in [-0.05, 0) is 12.1 Å². The number of pyridine rings is 1. The molecule has 0 aliphatic heterocycles. The van der Waals surface area contributed by atoms with E-state index in [4.69, 9.17) is 27.9 Å². The van der Waals surface area contributed by atoms with Crippen molar-refractivity contribution < 1.29 is 9.13 Å². The molecule has 0 saturated carbocycles. The van der Waals surface area contributed by atoms with Gasteiger partial charge in [0.05, 0.1) is 34.6 Å². The van der Waals surface area contributed by atoms with E-state index < -0.39 is 5.82 Å². The number of anilines is 2. The van der Waals surface area contributed by atoms with Gasteiger partial charge in [0.15, 0.2) is 5.82 Å². The Kier molecular flexibility index (Phi) is 3.96. The molecule has 0 aliphatic rings. The van der Waals surface area contributed by atoms with Crippen LogP contribution < -0.4 is 10.1 Å². The summed E-state index contributed by atoms with van der Waals surface area (Å²) >= 11 is 11.6. The fourth-order valence-electron chi connectivity index (χ4n) is 1.90. The standard InChI is InChI=1S/C14H9Cl2FN4O/c1-22-11-4-7-10(5-18-11)19-6-20-14(7)21-9-3-2-8(15)12(16)13(9)17/h2-6H,1H3,(H,19,20,21). The maximum absolute atomic E-state index is 14.1. The summed E-state index contributed by atoms with van der Waals surface area (Å²) in [5.74, 6) is 0.157. The van der Waals surface area contributed by atoms with Crippen molar-refractivity contribution in [2.24, 2.45) is 0 Å². The number of ether oxygens (including phenoxy) is 1. The van der Waals surface area contributed by atoms with Gasteiger partial charge in [0.1, 0.15) is 12.1 Å². The Bertz CT molecular complexity index is 860. The number of hydrogen-bond donors (Lipinski definition) is 1. The number of aromatic nitrogens is 3. The molecule has 5 nitrogen and oxygen atoms in total. The highest BCUT2D eigenvalue weighted by molar-refractivity contribution is 6.42. The van der Waals surface area contributed by atoms with E-state index in [-0.39, 0.29) is 15.7 Å². The number of methoxy groups -OCH3 is 1. The highest BCUT2D eigenvalue weighted by Gasteiger charge is 2.13. The topological polar surface area (TPSA) is 59.9 Å². The van der Waals surface area contributed by atoms with Crippen molar-refractivity contribution in [3.05, 3.63) is 46.6 Å². The molecule has 0 saturated heterocycles. The number of nitrogens with zero attached hydrogens (tertiary/aromatic N) is 3. The third kappa shape index (κ3) is 2.63. The number of nitrogens with one attached hydrogen (secondary N) is 1. The monoisotopic (exact) mass is 338 g/mol. The summed E-state index contributed by atoms with van der Waals surface area (Å²) in [5.41, 5.74) is 0.754. The molecule has 0 amide bonds. The Morgan fingerprint density at radius 1 is 1.18 bits per heavy atom. The van der Waals surface area contributed by atoms with Crippen molar-refractivity contribution in [3.63, 3.8) is 0 Å². The van der Waals surface area contributed by atoms with E-state index in [1.807, 2.05) is 0 Å². The van der Waals surface area contributed by atoms with Gasteiger partial charge in [0, 0.05) is 11.5 Å². The molecule has 22 heavy (non-hydrogen) atoms. The van der Waals surface area contributed by atoms with Gasteiger partial charge in [-0.1, -0.05) is 23.2 Å². The zero-order valence-electron chi connectivity index (χ0n) is 11.3. The predicted octanol–water partition coefficient (Wildman–Crippen LogP) is 4.22. The Hall–Kier alpha value is -2.18. The van der Waals surface area contributed by atoms with Crippen LogP contribution in [-0.4, -0.2) is 22.1 Å². The van der Waals surface area contributed by atoms with Crippen LogP contribution in [0.25, 0.3) is 10.9 Å². The minimum Gasteiger partial charge on any atom is -0.481 e. The molecule has 3 aromatic rings. The van der Waals surface area contributed by atoms with Crippen LogP contribution in [0.2, 0.25) is 10.0 Å². The predicted molar refractivity (Wildman–Crippen MR) is 83.6 cm³/mol. The van der Waals surface area contributed by atoms with E-state index in [0.717, 1.165) is 0 Å². The number of fused-ring (bicyclic) bond motifs is 1. The zero-order valence-corrected chi connectivity index (χ0v) is 12.8. The first kappa shape index (κ1) is 14.7. The molecular formula is C14H9Cl2FN4O. The normalized spacial score (nSPS) is 10.7. The highest BCUT2D eigenvalue weighted by atomic mass is 35.5. The average Bonchev–Trinajstić information content (AvgIpc) is 2.55. The molecule has 1 N–H and O–H groups in total. The fraction of sp³-hybridized carbons (Fsp3) is 0.0714. The number of hydrogen-bond acceptors (Lipinski definition) is 5. The lowest BCUT2D eigenvalue weighted by Crippen LogP contribution is -1.99. The van der Waals surface area contributed by atoms with Crippen LogP contribution in [0.4, 0.5) is 15.9 Å². The smallest absolute Gasteiger partial charge is 0.213 e. The summed E-state index contributed by atoms with van der Waals surface area (Å²) in [7, 11) is 1.50. The number of benzene rings is 1. The van der Waals surface area contributed by atoms with Gasteiger partial charge >= 0.3 is 0 Å². The molecule has 0 radical (unpaired) electrons. The second kappa shape index (κ2) is 5.90. The summed E-state index contributed by atoms with van der Waals surface area (Å²) < 4.78 is 19.2. The lowest BCUT2D eigenvalue weighted by Gasteiger charge is -2.11. The third-order valence-electron chi connectivity index (χ3n) is 2.99. The maximum atomic E-state index is 14.1. The van der Waals surface area contributed by atoms with Gasteiger partial charge < -0.3 is 10.1 Å². The molecule has 0 fully saturated rings. The third-order valence-corrected chi connectivity index (χ3v) is 3.78. The van der Waals surface area contributed by atoms with E-state index >= 15 is 0 Å². The second-order valence-electron chi connectivity index (χ2n) is 4.31. The van der Waals surface area contributed by atoms with Crippen LogP contribution in [0, 0.1) is 5.82 Å². The molecule has 112 valence electrons. The molecule has 8 heteroatoms. The summed E-state index contributed by atoms with van der Waals surface area (Å²) in [5, 5.41) is 3.51. The molecule has 0 aliphatic carbocycles. The molecule has 1 aromatic carbocycles. The first-order chi connectivity index (χ1) is 10.6. The largest absolute Gasteiger partial charge is 0.481 e. The fourth-order valence-corrected chi connectivity index (χ4v) is 2.21. The van der Waals surface area contributed by atoms with Crippen LogP contribution in [0.3, 0.4) is 0 Å². The van der Waals surface area contributed by atoms with Crippen LogP contribution in [0.1, 0.15) is 0 Å². The average molecular weight is 339 g/mol. The SMILES string of the molecule is COc1cc2c(Nc3ccc(Cl)c(Cl)c3F)ncnc2cn1. The van der Waals surface area contributed by atoms with E-state index in [9.17, 15) is 4.39 Å². The first-order valence-electron chi connectivity index (χ1n) is 6.15. The van der Waals surface area contributed by atoms with Gasteiger partial charge in [0.25, 0.3) is 0 Å². The lowest BCUT2D eigenvalue weighted by atomic mass is 10.2. The van der Waals surface area contributed by atoms with Crippen molar-refractivity contribution in [3.8, 4) is 5.88 Å². The van der Waals surface area contributed by atoms with Crippen molar-refractivity contribution in [1.82, 2.24) is 15.0 Å². The molecular weight excluding hydrogens is 330 g/mol. The lowest BCUT2D eigenvalue weighted by molar-refractivity contribution is 0.398. The van der Waals surface area contributed by atoms with Gasteiger partial charge in [-0.15, -0.1) is 0 Å². The first-order valence-corrected chi connectivity index (χ1v) is 6.91. The van der Waals surface area contributed by atoms with Gasteiger partial charge in [-0.25, -0.2) is 19.3 Å². The van der Waals surface area contributed by atoms with E-state index in [2.05, 4.69) is 20.3 Å². The van der Waals surface area contributed by atoms with Gasteiger partial charge in [-0.2, -0.15) is 0 Å². The maximum Gasteiger partial charge on any atom is 0.213 e. The van der Waals surface area contributed by atoms with Crippen LogP contribution in [0.15, 0.2) is 30.7 Å². The number of rotatable bonds is 3. The van der Waals surface area contributed by atoms with E-state index in [1.54, 1.807) is 12.3 Å². The Morgan fingerprint density at radius 2 is 2.00 bits per heavy atom. The summed E-state index contributed by atoms with van der Waals surface area (Å²) in [4.78, 5) is 12.3. The minimum atomic E-state index is -0.651. The Morgan fingerprint density at radius 3 is 2.77 bits per heavy atom.